The van der Waals surface area contributed by atoms with Crippen molar-refractivity contribution >= 4 is 0 Å². The van der Waals surface area contributed by atoms with E-state index in [-0.39, 0.29) is 12.5 Å². The predicted molar refractivity (Wildman–Crippen MR) is 61.5 cm³/mol. The highest BCUT2D eigenvalue weighted by Crippen LogP contribution is 2.06. The molecule has 0 saturated heterocycles. The molecule has 3 heteroatoms. The largest absolute Gasteiger partial charge is 0.396 e. The zero-order valence-electron chi connectivity index (χ0n) is 9.70. The molecule has 0 fully saturated rings. The smallest absolute Gasteiger partial charge is 0.0471 e. The third kappa shape index (κ3) is 3.61. The van der Waals surface area contributed by atoms with Crippen molar-refractivity contribution in [3.63, 3.8) is 0 Å². The van der Waals surface area contributed by atoms with Gasteiger partial charge in [-0.25, -0.2) is 0 Å². The molecule has 2 unspecified atom stereocenters. The molecule has 0 bridgehead atoms. The maximum absolute atomic E-state index is 9.00. The van der Waals surface area contributed by atoms with Crippen molar-refractivity contribution in [1.82, 2.24) is 10.3 Å². The van der Waals surface area contributed by atoms with Crippen LogP contribution in [-0.4, -0.2) is 22.7 Å². The molecular formula is C12H20N2O. The van der Waals surface area contributed by atoms with Gasteiger partial charge in [0.1, 0.15) is 0 Å². The van der Waals surface area contributed by atoms with Gasteiger partial charge in [-0.3, -0.25) is 4.98 Å². The second-order valence-corrected chi connectivity index (χ2v) is 4.08. The lowest BCUT2D eigenvalue weighted by Crippen LogP contribution is -2.33. The summed E-state index contributed by atoms with van der Waals surface area (Å²) in [6.07, 6.45) is 1.80. The van der Waals surface area contributed by atoms with Gasteiger partial charge in [-0.15, -0.1) is 0 Å². The van der Waals surface area contributed by atoms with Gasteiger partial charge in [-0.2, -0.15) is 0 Å². The summed E-state index contributed by atoms with van der Waals surface area (Å²) in [6.45, 7) is 7.17. The minimum absolute atomic E-state index is 0.222. The molecule has 0 spiro atoms. The SMILES string of the molecule is Cc1ncccc1CNC(C)C(C)CO. The molecule has 0 aromatic carbocycles. The minimum Gasteiger partial charge on any atom is -0.396 e. The Labute approximate surface area is 91.5 Å². The predicted octanol–water partition coefficient (Wildman–Crippen LogP) is 1.50. The zero-order chi connectivity index (χ0) is 11.3. The first kappa shape index (κ1) is 12.1. The summed E-state index contributed by atoms with van der Waals surface area (Å²) < 4.78 is 0. The molecular weight excluding hydrogens is 188 g/mol. The van der Waals surface area contributed by atoms with E-state index in [1.165, 1.54) is 5.56 Å². The molecule has 3 nitrogen and oxygen atoms in total. The van der Waals surface area contributed by atoms with Crippen LogP contribution in [0.25, 0.3) is 0 Å². The first-order chi connectivity index (χ1) is 7.15. The monoisotopic (exact) mass is 208 g/mol. The Bertz CT molecular complexity index is 301. The Morgan fingerprint density at radius 2 is 2.20 bits per heavy atom. The van der Waals surface area contributed by atoms with Gasteiger partial charge in [-0.1, -0.05) is 13.0 Å². The zero-order valence-corrected chi connectivity index (χ0v) is 9.70. The number of rotatable bonds is 5. The normalized spacial score (nSPS) is 14.9. The van der Waals surface area contributed by atoms with Gasteiger partial charge in [0.15, 0.2) is 0 Å². The second kappa shape index (κ2) is 5.83. The van der Waals surface area contributed by atoms with Crippen LogP contribution < -0.4 is 5.32 Å². The van der Waals surface area contributed by atoms with Gasteiger partial charge in [0.05, 0.1) is 0 Å². The Kier molecular flexibility index (Phi) is 4.72. The van der Waals surface area contributed by atoms with E-state index < -0.39 is 0 Å². The number of aliphatic hydroxyl groups is 1. The Hall–Kier alpha value is -0.930. The molecule has 0 amide bonds. The Morgan fingerprint density at radius 3 is 2.80 bits per heavy atom. The molecule has 1 rings (SSSR count). The molecule has 0 aliphatic rings. The van der Waals surface area contributed by atoms with Crippen molar-refractivity contribution in [3.8, 4) is 0 Å². The minimum atomic E-state index is 0.222. The molecule has 0 aliphatic heterocycles. The van der Waals surface area contributed by atoms with Crippen LogP contribution in [0.2, 0.25) is 0 Å². The highest BCUT2D eigenvalue weighted by atomic mass is 16.3. The van der Waals surface area contributed by atoms with E-state index in [1.54, 1.807) is 6.20 Å². The molecule has 0 aliphatic carbocycles. The van der Waals surface area contributed by atoms with Crippen molar-refractivity contribution in [1.29, 1.82) is 0 Å². The maximum Gasteiger partial charge on any atom is 0.0471 e. The average Bonchev–Trinajstić information content (AvgIpc) is 2.26. The van der Waals surface area contributed by atoms with Gasteiger partial charge >= 0.3 is 0 Å². The highest BCUT2D eigenvalue weighted by Gasteiger charge is 2.10. The van der Waals surface area contributed by atoms with Crippen LogP contribution in [0.15, 0.2) is 18.3 Å². The summed E-state index contributed by atoms with van der Waals surface area (Å²) >= 11 is 0. The number of pyridine rings is 1. The average molecular weight is 208 g/mol. The molecule has 0 saturated carbocycles. The number of aliphatic hydroxyl groups excluding tert-OH is 1. The fourth-order valence-electron chi connectivity index (χ4n) is 1.33. The van der Waals surface area contributed by atoms with E-state index in [1.807, 2.05) is 19.9 Å². The first-order valence-corrected chi connectivity index (χ1v) is 5.40. The molecule has 1 aromatic rings. The van der Waals surface area contributed by atoms with Crippen molar-refractivity contribution in [2.45, 2.75) is 33.4 Å². The highest BCUT2D eigenvalue weighted by molar-refractivity contribution is 5.17. The molecule has 1 aromatic heterocycles. The number of nitrogens with zero attached hydrogens (tertiary/aromatic N) is 1. The summed E-state index contributed by atoms with van der Waals surface area (Å²) in [5, 5.41) is 12.4. The molecule has 0 radical (unpaired) electrons. The summed E-state index contributed by atoms with van der Waals surface area (Å²) in [5.41, 5.74) is 2.28. The number of hydrogen-bond donors (Lipinski definition) is 2. The lowest BCUT2D eigenvalue weighted by molar-refractivity contribution is 0.207. The molecule has 1 heterocycles. The van der Waals surface area contributed by atoms with Crippen molar-refractivity contribution < 1.29 is 5.11 Å². The lowest BCUT2D eigenvalue weighted by atomic mass is 10.0. The van der Waals surface area contributed by atoms with Gasteiger partial charge in [-0.05, 0) is 31.4 Å². The van der Waals surface area contributed by atoms with Crippen LogP contribution in [0.1, 0.15) is 25.1 Å². The van der Waals surface area contributed by atoms with Crippen LogP contribution in [0.5, 0.6) is 0 Å². The van der Waals surface area contributed by atoms with Gasteiger partial charge in [0.25, 0.3) is 0 Å². The topological polar surface area (TPSA) is 45.2 Å². The maximum atomic E-state index is 9.00. The summed E-state index contributed by atoms with van der Waals surface area (Å²) in [6, 6.07) is 4.34. The van der Waals surface area contributed by atoms with Gasteiger partial charge < -0.3 is 10.4 Å². The van der Waals surface area contributed by atoms with Crippen LogP contribution >= 0.6 is 0 Å². The van der Waals surface area contributed by atoms with Gasteiger partial charge in [0, 0.05) is 31.1 Å². The second-order valence-electron chi connectivity index (χ2n) is 4.08. The Morgan fingerprint density at radius 1 is 1.47 bits per heavy atom. The van der Waals surface area contributed by atoms with Crippen molar-refractivity contribution in [2.24, 2.45) is 5.92 Å². The summed E-state index contributed by atoms with van der Waals surface area (Å²) in [7, 11) is 0. The lowest BCUT2D eigenvalue weighted by Gasteiger charge is -2.19. The summed E-state index contributed by atoms with van der Waals surface area (Å²) in [5.74, 6) is 0.280. The third-order valence-electron chi connectivity index (χ3n) is 2.87. The fourth-order valence-corrected chi connectivity index (χ4v) is 1.33. The number of aryl methyl sites for hydroxylation is 1. The van der Waals surface area contributed by atoms with E-state index in [0.717, 1.165) is 12.2 Å². The van der Waals surface area contributed by atoms with Crippen molar-refractivity contribution in [2.75, 3.05) is 6.61 Å². The van der Waals surface area contributed by atoms with Crippen LogP contribution in [0.4, 0.5) is 0 Å². The third-order valence-corrected chi connectivity index (χ3v) is 2.87. The molecule has 84 valence electrons. The van der Waals surface area contributed by atoms with Gasteiger partial charge in [0.2, 0.25) is 0 Å². The standard InChI is InChI=1S/C12H20N2O/c1-9(8-15)10(2)14-7-12-5-4-6-13-11(12)3/h4-6,9-10,14-15H,7-8H2,1-3H3. The number of hydrogen-bond acceptors (Lipinski definition) is 3. The fraction of sp³-hybridized carbons (Fsp3) is 0.583. The van der Waals surface area contributed by atoms with E-state index in [2.05, 4.69) is 23.3 Å². The van der Waals surface area contributed by atoms with Crippen LogP contribution in [-0.2, 0) is 6.54 Å². The molecule has 2 N–H and O–H groups in total. The first-order valence-electron chi connectivity index (χ1n) is 5.40. The van der Waals surface area contributed by atoms with E-state index in [4.69, 9.17) is 5.11 Å². The Balaban J connectivity index is 2.47. The van der Waals surface area contributed by atoms with Crippen LogP contribution in [0.3, 0.4) is 0 Å². The van der Waals surface area contributed by atoms with E-state index in [9.17, 15) is 0 Å². The van der Waals surface area contributed by atoms with E-state index >= 15 is 0 Å². The van der Waals surface area contributed by atoms with Crippen LogP contribution in [0, 0.1) is 12.8 Å². The van der Waals surface area contributed by atoms with Crippen molar-refractivity contribution in [3.05, 3.63) is 29.6 Å². The number of aromatic nitrogens is 1. The number of nitrogens with one attached hydrogen (secondary N) is 1. The quantitative estimate of drug-likeness (QED) is 0.770. The summed E-state index contributed by atoms with van der Waals surface area (Å²) in [4.78, 5) is 4.23. The van der Waals surface area contributed by atoms with E-state index in [0.29, 0.717) is 6.04 Å². The molecule has 2 atom stereocenters. The molecule has 15 heavy (non-hydrogen) atoms.